The quantitative estimate of drug-likeness (QED) is 0.844. The van der Waals surface area contributed by atoms with E-state index in [4.69, 9.17) is 4.74 Å². The second-order valence-electron chi connectivity index (χ2n) is 5.11. The average molecular weight is 279 g/mol. The number of aryl methyl sites for hydroxylation is 1. The fourth-order valence-electron chi connectivity index (χ4n) is 2.29. The summed E-state index contributed by atoms with van der Waals surface area (Å²) >= 11 is 0. The average Bonchev–Trinajstić information content (AvgIpc) is 2.39. The highest BCUT2D eigenvalue weighted by atomic mass is 16.5. The van der Waals surface area contributed by atoms with E-state index in [0.29, 0.717) is 5.82 Å². The number of nitrogens with one attached hydrogen (secondary N) is 1. The van der Waals surface area contributed by atoms with Gasteiger partial charge in [0, 0.05) is 31.4 Å². The number of nitrogens with zero attached hydrogens (tertiary/aromatic N) is 2. The molecule has 1 aromatic heterocycles. The van der Waals surface area contributed by atoms with Crippen LogP contribution in [0, 0.1) is 6.92 Å². The Morgan fingerprint density at radius 3 is 2.85 bits per heavy atom. The Morgan fingerprint density at radius 1 is 1.50 bits per heavy atom. The summed E-state index contributed by atoms with van der Waals surface area (Å²) in [4.78, 5) is 17.8. The second kappa shape index (κ2) is 6.67. The zero-order valence-corrected chi connectivity index (χ0v) is 11.9. The van der Waals surface area contributed by atoms with E-state index >= 15 is 0 Å². The molecule has 1 atom stereocenters. The lowest BCUT2D eigenvalue weighted by Gasteiger charge is -2.29. The fraction of sp³-hybridized carbons (Fsp3) is 0.571. The molecule has 0 saturated carbocycles. The molecule has 0 spiro atoms. The molecule has 0 bridgehead atoms. The standard InChI is InChI=1S/C14H21N3O3/c1-10-3-4-12(14(18)19)13(15-10)16-11(2)9-17-5-7-20-8-6-17/h3-4,11H,5-9H2,1-2H3,(H,15,16)(H,18,19). The number of aromatic nitrogens is 1. The van der Waals surface area contributed by atoms with Gasteiger partial charge in [0.2, 0.25) is 0 Å². The number of hydrogen-bond donors (Lipinski definition) is 2. The molecular weight excluding hydrogens is 258 g/mol. The molecule has 2 N–H and O–H groups in total. The molecule has 6 heteroatoms. The predicted octanol–water partition coefficient (Wildman–Crippen LogP) is 1.22. The van der Waals surface area contributed by atoms with Crippen LogP contribution in [0.1, 0.15) is 23.0 Å². The molecule has 1 aliphatic heterocycles. The summed E-state index contributed by atoms with van der Waals surface area (Å²) in [5, 5.41) is 12.4. The smallest absolute Gasteiger partial charge is 0.339 e. The molecule has 110 valence electrons. The molecule has 1 aliphatic rings. The number of carboxylic acids is 1. The molecule has 1 saturated heterocycles. The normalized spacial score (nSPS) is 17.7. The highest BCUT2D eigenvalue weighted by molar-refractivity contribution is 5.93. The van der Waals surface area contributed by atoms with Crippen molar-refractivity contribution >= 4 is 11.8 Å². The van der Waals surface area contributed by atoms with E-state index in [1.165, 1.54) is 0 Å². The summed E-state index contributed by atoms with van der Waals surface area (Å²) in [6.45, 7) is 8.08. The van der Waals surface area contributed by atoms with Crippen LogP contribution in [0.15, 0.2) is 12.1 Å². The van der Waals surface area contributed by atoms with Crippen LogP contribution in [-0.4, -0.2) is 59.8 Å². The Hall–Kier alpha value is -1.66. The third-order valence-corrected chi connectivity index (χ3v) is 3.28. The summed E-state index contributed by atoms with van der Waals surface area (Å²) < 4.78 is 5.31. The minimum Gasteiger partial charge on any atom is -0.478 e. The van der Waals surface area contributed by atoms with Crippen LogP contribution >= 0.6 is 0 Å². The Kier molecular flexibility index (Phi) is 4.92. The van der Waals surface area contributed by atoms with Crippen molar-refractivity contribution < 1.29 is 14.6 Å². The minimum atomic E-state index is -0.960. The monoisotopic (exact) mass is 279 g/mol. The van der Waals surface area contributed by atoms with Crippen molar-refractivity contribution in [2.75, 3.05) is 38.2 Å². The topological polar surface area (TPSA) is 74.7 Å². The molecule has 0 radical (unpaired) electrons. The van der Waals surface area contributed by atoms with Gasteiger partial charge in [0.1, 0.15) is 11.4 Å². The van der Waals surface area contributed by atoms with Crippen molar-refractivity contribution in [2.24, 2.45) is 0 Å². The fourth-order valence-corrected chi connectivity index (χ4v) is 2.29. The highest BCUT2D eigenvalue weighted by Crippen LogP contribution is 2.15. The van der Waals surface area contributed by atoms with Gasteiger partial charge in [0.25, 0.3) is 0 Å². The van der Waals surface area contributed by atoms with Gasteiger partial charge in [-0.05, 0) is 26.0 Å². The van der Waals surface area contributed by atoms with Gasteiger partial charge in [0.15, 0.2) is 0 Å². The maximum atomic E-state index is 11.2. The first-order chi connectivity index (χ1) is 9.56. The number of rotatable bonds is 5. The molecule has 0 amide bonds. The molecule has 20 heavy (non-hydrogen) atoms. The van der Waals surface area contributed by atoms with Crippen LogP contribution in [0.25, 0.3) is 0 Å². The molecule has 1 aromatic rings. The summed E-state index contributed by atoms with van der Waals surface area (Å²) in [5.41, 5.74) is 1.01. The van der Waals surface area contributed by atoms with Gasteiger partial charge in [0.05, 0.1) is 13.2 Å². The maximum Gasteiger partial charge on any atom is 0.339 e. The molecule has 0 aliphatic carbocycles. The number of aromatic carboxylic acids is 1. The number of carbonyl (C=O) groups is 1. The number of carboxylic acid groups (broad SMARTS) is 1. The van der Waals surface area contributed by atoms with Gasteiger partial charge in [-0.3, -0.25) is 4.90 Å². The summed E-state index contributed by atoms with van der Waals surface area (Å²) in [6, 6.07) is 3.43. The lowest BCUT2D eigenvalue weighted by molar-refractivity contribution is 0.0368. The van der Waals surface area contributed by atoms with Crippen molar-refractivity contribution in [1.82, 2.24) is 9.88 Å². The lowest BCUT2D eigenvalue weighted by atomic mass is 10.2. The zero-order chi connectivity index (χ0) is 14.5. The van der Waals surface area contributed by atoms with E-state index < -0.39 is 5.97 Å². The zero-order valence-electron chi connectivity index (χ0n) is 11.9. The van der Waals surface area contributed by atoms with Crippen LogP contribution in [-0.2, 0) is 4.74 Å². The third-order valence-electron chi connectivity index (χ3n) is 3.28. The maximum absolute atomic E-state index is 11.2. The van der Waals surface area contributed by atoms with E-state index in [2.05, 4.69) is 15.2 Å². The van der Waals surface area contributed by atoms with Gasteiger partial charge in [-0.2, -0.15) is 0 Å². The van der Waals surface area contributed by atoms with Gasteiger partial charge in [-0.15, -0.1) is 0 Å². The van der Waals surface area contributed by atoms with E-state index in [0.717, 1.165) is 38.5 Å². The van der Waals surface area contributed by atoms with E-state index in [9.17, 15) is 9.90 Å². The molecular formula is C14H21N3O3. The number of pyridine rings is 1. The van der Waals surface area contributed by atoms with Gasteiger partial charge < -0.3 is 15.2 Å². The molecule has 2 rings (SSSR count). The van der Waals surface area contributed by atoms with E-state index in [1.807, 2.05) is 13.8 Å². The molecule has 1 unspecified atom stereocenters. The predicted molar refractivity (Wildman–Crippen MR) is 76.3 cm³/mol. The van der Waals surface area contributed by atoms with Gasteiger partial charge in [-0.25, -0.2) is 9.78 Å². The van der Waals surface area contributed by atoms with Crippen molar-refractivity contribution in [3.8, 4) is 0 Å². The molecule has 6 nitrogen and oxygen atoms in total. The third kappa shape index (κ3) is 3.91. The SMILES string of the molecule is Cc1ccc(C(=O)O)c(NC(C)CN2CCOCC2)n1. The minimum absolute atomic E-state index is 0.125. The lowest BCUT2D eigenvalue weighted by Crippen LogP contribution is -2.42. The number of hydrogen-bond acceptors (Lipinski definition) is 5. The number of ether oxygens (including phenoxy) is 1. The van der Waals surface area contributed by atoms with Crippen LogP contribution in [0.5, 0.6) is 0 Å². The Labute approximate surface area is 118 Å². The van der Waals surface area contributed by atoms with Crippen LogP contribution in [0.4, 0.5) is 5.82 Å². The Balaban J connectivity index is 2.00. The summed E-state index contributed by atoms with van der Waals surface area (Å²) in [6.07, 6.45) is 0. The van der Waals surface area contributed by atoms with Gasteiger partial charge in [-0.1, -0.05) is 0 Å². The van der Waals surface area contributed by atoms with E-state index in [1.54, 1.807) is 12.1 Å². The number of morpholine rings is 1. The first-order valence-corrected chi connectivity index (χ1v) is 6.84. The largest absolute Gasteiger partial charge is 0.478 e. The Morgan fingerprint density at radius 2 is 2.20 bits per heavy atom. The highest BCUT2D eigenvalue weighted by Gasteiger charge is 2.17. The van der Waals surface area contributed by atoms with Crippen molar-refractivity contribution in [2.45, 2.75) is 19.9 Å². The summed E-state index contributed by atoms with van der Waals surface area (Å²) in [5.74, 6) is -0.517. The van der Waals surface area contributed by atoms with Crippen molar-refractivity contribution in [1.29, 1.82) is 0 Å². The second-order valence-corrected chi connectivity index (χ2v) is 5.11. The van der Waals surface area contributed by atoms with Crippen molar-refractivity contribution in [3.63, 3.8) is 0 Å². The van der Waals surface area contributed by atoms with Crippen LogP contribution in [0.3, 0.4) is 0 Å². The molecule has 1 fully saturated rings. The van der Waals surface area contributed by atoms with E-state index in [-0.39, 0.29) is 11.6 Å². The van der Waals surface area contributed by atoms with Crippen LogP contribution in [0.2, 0.25) is 0 Å². The number of anilines is 1. The van der Waals surface area contributed by atoms with Crippen LogP contribution < -0.4 is 5.32 Å². The first-order valence-electron chi connectivity index (χ1n) is 6.84. The first kappa shape index (κ1) is 14.7. The van der Waals surface area contributed by atoms with Crippen molar-refractivity contribution in [3.05, 3.63) is 23.4 Å². The van der Waals surface area contributed by atoms with Gasteiger partial charge >= 0.3 is 5.97 Å². The molecule has 0 aromatic carbocycles. The molecule has 2 heterocycles. The summed E-state index contributed by atoms with van der Waals surface area (Å²) in [7, 11) is 0. The Bertz CT molecular complexity index is 473.